The monoisotopic (exact) mass is 555 g/mol. The molecule has 2 heterocycles. The van der Waals surface area contributed by atoms with Crippen molar-refractivity contribution in [3.8, 4) is 23.1 Å². The SMILES string of the molecule is CCCOc1c(OCc2ccccc2)cc(C2CCC(c3cnc(OC)c(OC)c3)O2)cc1S(=O)(=O)CCC. The largest absolute Gasteiger partial charge is 0.491 e. The van der Waals surface area contributed by atoms with E-state index >= 15 is 0 Å². The van der Waals surface area contributed by atoms with Crippen molar-refractivity contribution in [3.05, 3.63) is 71.4 Å². The summed E-state index contributed by atoms with van der Waals surface area (Å²) >= 11 is 0. The first-order valence-electron chi connectivity index (χ1n) is 13.3. The van der Waals surface area contributed by atoms with Crippen LogP contribution in [0.3, 0.4) is 0 Å². The molecule has 1 aromatic heterocycles. The Balaban J connectivity index is 1.70. The van der Waals surface area contributed by atoms with Gasteiger partial charge in [-0.05, 0) is 55.0 Å². The second kappa shape index (κ2) is 13.2. The summed E-state index contributed by atoms with van der Waals surface area (Å²) in [6, 6.07) is 15.2. The lowest BCUT2D eigenvalue weighted by Crippen LogP contribution is -2.12. The predicted octanol–water partition coefficient (Wildman–Crippen LogP) is 6.24. The molecule has 0 radical (unpaired) electrons. The van der Waals surface area contributed by atoms with Crippen LogP contribution in [0.2, 0.25) is 0 Å². The van der Waals surface area contributed by atoms with Gasteiger partial charge in [-0.15, -0.1) is 0 Å². The van der Waals surface area contributed by atoms with Gasteiger partial charge in [0, 0.05) is 11.8 Å². The van der Waals surface area contributed by atoms with Crippen LogP contribution >= 0.6 is 0 Å². The van der Waals surface area contributed by atoms with E-state index in [4.69, 9.17) is 23.7 Å². The molecule has 1 aliphatic heterocycles. The van der Waals surface area contributed by atoms with E-state index in [9.17, 15) is 8.42 Å². The van der Waals surface area contributed by atoms with Gasteiger partial charge >= 0.3 is 0 Å². The zero-order valence-corrected chi connectivity index (χ0v) is 23.8. The molecule has 2 aromatic carbocycles. The first-order valence-corrected chi connectivity index (χ1v) is 15.0. The van der Waals surface area contributed by atoms with Crippen LogP contribution < -0.4 is 18.9 Å². The summed E-state index contributed by atoms with van der Waals surface area (Å²) in [4.78, 5) is 4.49. The quantitative estimate of drug-likeness (QED) is 0.245. The summed E-state index contributed by atoms with van der Waals surface area (Å²) < 4.78 is 56.2. The van der Waals surface area contributed by atoms with Crippen LogP contribution in [-0.4, -0.2) is 40.0 Å². The number of sulfone groups is 1. The second-order valence-corrected chi connectivity index (χ2v) is 11.5. The van der Waals surface area contributed by atoms with Crippen molar-refractivity contribution in [3.63, 3.8) is 0 Å². The Kier molecular flexibility index (Phi) is 9.69. The van der Waals surface area contributed by atoms with Gasteiger partial charge < -0.3 is 23.7 Å². The maximum absolute atomic E-state index is 13.4. The van der Waals surface area contributed by atoms with Gasteiger partial charge in [0.2, 0.25) is 0 Å². The van der Waals surface area contributed by atoms with Gasteiger partial charge in [-0.25, -0.2) is 13.4 Å². The van der Waals surface area contributed by atoms with Crippen molar-refractivity contribution in [1.82, 2.24) is 4.98 Å². The lowest BCUT2D eigenvalue weighted by molar-refractivity contribution is 0.0433. The Bertz CT molecular complexity index is 1340. The molecule has 0 saturated carbocycles. The third kappa shape index (κ3) is 6.83. The third-order valence-electron chi connectivity index (χ3n) is 6.55. The molecular weight excluding hydrogens is 518 g/mol. The number of ether oxygens (including phenoxy) is 5. The Hall–Kier alpha value is -3.30. The average molecular weight is 556 g/mol. The van der Waals surface area contributed by atoms with E-state index in [1.54, 1.807) is 26.5 Å². The Morgan fingerprint density at radius 3 is 2.28 bits per heavy atom. The van der Waals surface area contributed by atoms with E-state index in [-0.39, 0.29) is 35.2 Å². The Labute approximate surface area is 231 Å². The number of rotatable bonds is 13. The third-order valence-corrected chi connectivity index (χ3v) is 8.47. The average Bonchev–Trinajstić information content (AvgIpc) is 3.45. The van der Waals surface area contributed by atoms with Crippen molar-refractivity contribution >= 4 is 9.84 Å². The van der Waals surface area contributed by atoms with Crippen LogP contribution in [0.5, 0.6) is 23.1 Å². The summed E-state index contributed by atoms with van der Waals surface area (Å²) in [6.07, 6.45) is 3.86. The minimum atomic E-state index is -3.61. The van der Waals surface area contributed by atoms with Gasteiger partial charge in [-0.2, -0.15) is 0 Å². The van der Waals surface area contributed by atoms with Crippen LogP contribution in [0.1, 0.15) is 68.4 Å². The predicted molar refractivity (Wildman–Crippen MR) is 148 cm³/mol. The van der Waals surface area contributed by atoms with Gasteiger partial charge in [0.25, 0.3) is 5.88 Å². The summed E-state index contributed by atoms with van der Waals surface area (Å²) in [5, 5.41) is 0. The fourth-order valence-electron chi connectivity index (χ4n) is 4.63. The summed E-state index contributed by atoms with van der Waals surface area (Å²) in [5.74, 6) is 1.62. The highest BCUT2D eigenvalue weighted by Crippen LogP contribution is 2.46. The fourth-order valence-corrected chi connectivity index (χ4v) is 6.15. The molecule has 2 unspecified atom stereocenters. The van der Waals surface area contributed by atoms with Crippen molar-refractivity contribution in [1.29, 1.82) is 0 Å². The van der Waals surface area contributed by atoms with E-state index in [0.29, 0.717) is 36.8 Å². The van der Waals surface area contributed by atoms with Crippen molar-refractivity contribution in [2.45, 2.75) is 63.2 Å². The van der Waals surface area contributed by atoms with Crippen LogP contribution in [0.15, 0.2) is 59.6 Å². The Morgan fingerprint density at radius 1 is 0.897 bits per heavy atom. The number of methoxy groups -OCH3 is 2. The molecule has 2 atom stereocenters. The fraction of sp³-hybridized carbons (Fsp3) is 0.433. The highest BCUT2D eigenvalue weighted by molar-refractivity contribution is 7.91. The maximum atomic E-state index is 13.4. The molecule has 39 heavy (non-hydrogen) atoms. The zero-order valence-electron chi connectivity index (χ0n) is 23.0. The maximum Gasteiger partial charge on any atom is 0.256 e. The molecule has 1 saturated heterocycles. The molecule has 1 fully saturated rings. The van der Waals surface area contributed by atoms with Crippen molar-refractivity contribution < 1.29 is 32.1 Å². The lowest BCUT2D eigenvalue weighted by atomic mass is 10.0. The second-order valence-electron chi connectivity index (χ2n) is 9.46. The minimum Gasteiger partial charge on any atom is -0.491 e. The molecule has 0 bridgehead atoms. The first kappa shape index (κ1) is 28.7. The van der Waals surface area contributed by atoms with Crippen LogP contribution in [0.25, 0.3) is 0 Å². The van der Waals surface area contributed by atoms with Crippen molar-refractivity contribution in [2.24, 2.45) is 0 Å². The number of nitrogens with zero attached hydrogens (tertiary/aromatic N) is 1. The summed E-state index contributed by atoms with van der Waals surface area (Å²) in [5.41, 5.74) is 2.59. The van der Waals surface area contributed by atoms with Gasteiger partial charge in [0.1, 0.15) is 11.5 Å². The van der Waals surface area contributed by atoms with E-state index in [2.05, 4.69) is 4.98 Å². The smallest absolute Gasteiger partial charge is 0.256 e. The van der Waals surface area contributed by atoms with Crippen LogP contribution in [0, 0.1) is 0 Å². The molecule has 0 amide bonds. The number of pyridine rings is 1. The van der Waals surface area contributed by atoms with E-state index in [1.165, 1.54) is 0 Å². The molecule has 1 aliphatic rings. The van der Waals surface area contributed by atoms with Gasteiger partial charge in [-0.1, -0.05) is 44.2 Å². The Morgan fingerprint density at radius 2 is 1.62 bits per heavy atom. The van der Waals surface area contributed by atoms with Crippen molar-refractivity contribution in [2.75, 3.05) is 26.6 Å². The van der Waals surface area contributed by atoms with E-state index < -0.39 is 9.84 Å². The minimum absolute atomic E-state index is 0.0164. The highest BCUT2D eigenvalue weighted by atomic mass is 32.2. The number of benzene rings is 2. The number of hydrogen-bond donors (Lipinski definition) is 0. The standard InChI is InChI=1S/C30H37NO7S/c1-5-14-36-29-26(37-20-21-10-8-7-9-11-21)16-22(18-28(29)39(32,33)15-6-2)24-12-13-25(38-24)23-17-27(34-3)30(35-4)31-19-23/h7-11,16-19,24-25H,5-6,12-15,20H2,1-4H3. The number of aromatic nitrogens is 1. The zero-order chi connectivity index (χ0) is 27.8. The lowest BCUT2D eigenvalue weighted by Gasteiger charge is -2.21. The topological polar surface area (TPSA) is 93.2 Å². The molecule has 0 N–H and O–H groups in total. The van der Waals surface area contributed by atoms with Gasteiger partial charge in [0.05, 0.1) is 38.8 Å². The summed E-state index contributed by atoms with van der Waals surface area (Å²) in [7, 11) is -0.500. The molecule has 0 spiro atoms. The highest BCUT2D eigenvalue weighted by Gasteiger charge is 2.32. The molecule has 8 nitrogen and oxygen atoms in total. The van der Waals surface area contributed by atoms with Gasteiger partial charge in [0.15, 0.2) is 27.1 Å². The molecule has 3 aromatic rings. The molecule has 4 rings (SSSR count). The number of hydrogen-bond acceptors (Lipinski definition) is 8. The van der Waals surface area contributed by atoms with E-state index in [0.717, 1.165) is 29.5 Å². The molecule has 0 aliphatic carbocycles. The first-order chi connectivity index (χ1) is 18.9. The molecular formula is C30H37NO7S. The van der Waals surface area contributed by atoms with Crippen LogP contribution in [-0.2, 0) is 21.2 Å². The summed E-state index contributed by atoms with van der Waals surface area (Å²) in [6.45, 7) is 4.49. The molecule has 9 heteroatoms. The van der Waals surface area contributed by atoms with Crippen LogP contribution in [0.4, 0.5) is 0 Å². The van der Waals surface area contributed by atoms with E-state index in [1.807, 2.05) is 56.3 Å². The van der Waals surface area contributed by atoms with Gasteiger partial charge in [-0.3, -0.25) is 0 Å². The normalized spacial score (nSPS) is 17.1. The molecule has 210 valence electrons.